The van der Waals surface area contributed by atoms with Gasteiger partial charge in [0, 0.05) is 14.5 Å². The van der Waals surface area contributed by atoms with Crippen molar-refractivity contribution in [1.29, 1.82) is 0 Å². The number of rotatable bonds is 7. The van der Waals surface area contributed by atoms with E-state index in [0.717, 1.165) is 14.3 Å². The number of nitrogens with zero attached hydrogens (tertiary/aromatic N) is 2. The lowest BCUT2D eigenvalue weighted by molar-refractivity contribution is -0.119. The molecule has 3 aromatic carbocycles. The van der Waals surface area contributed by atoms with Crippen molar-refractivity contribution in [2.45, 2.75) is 4.90 Å². The van der Waals surface area contributed by atoms with Gasteiger partial charge in [-0.1, -0.05) is 57.3 Å². The maximum absolute atomic E-state index is 13.2. The van der Waals surface area contributed by atoms with Crippen LogP contribution < -0.4 is 9.73 Å². The predicted octanol–water partition coefficient (Wildman–Crippen LogP) is 5.10. The molecule has 0 fully saturated rings. The van der Waals surface area contributed by atoms with Crippen LogP contribution >= 0.6 is 39.1 Å². The lowest BCUT2D eigenvalue weighted by Gasteiger charge is -2.23. The van der Waals surface area contributed by atoms with Gasteiger partial charge in [0.1, 0.15) is 6.54 Å². The van der Waals surface area contributed by atoms with Crippen LogP contribution in [0.3, 0.4) is 0 Å². The van der Waals surface area contributed by atoms with E-state index in [4.69, 9.17) is 23.2 Å². The van der Waals surface area contributed by atoms with Crippen molar-refractivity contribution in [3.8, 4) is 0 Å². The summed E-state index contributed by atoms with van der Waals surface area (Å²) >= 11 is 15.3. The number of benzene rings is 3. The number of anilines is 1. The normalized spacial score (nSPS) is 11.5. The Bertz CT molecular complexity index is 1220. The van der Waals surface area contributed by atoms with Gasteiger partial charge in [-0.15, -0.1) is 0 Å². The largest absolute Gasteiger partial charge is 0.271 e. The van der Waals surface area contributed by atoms with Crippen LogP contribution in [-0.4, -0.2) is 27.1 Å². The molecular weight excluding hydrogens is 525 g/mol. The molecule has 1 amide bonds. The van der Waals surface area contributed by atoms with E-state index in [-0.39, 0.29) is 10.6 Å². The van der Waals surface area contributed by atoms with Gasteiger partial charge in [0.25, 0.3) is 15.9 Å². The van der Waals surface area contributed by atoms with E-state index in [9.17, 15) is 13.2 Å². The fourth-order valence-electron chi connectivity index (χ4n) is 2.61. The molecule has 160 valence electrons. The highest BCUT2D eigenvalue weighted by Crippen LogP contribution is 2.26. The van der Waals surface area contributed by atoms with Gasteiger partial charge in [0.05, 0.1) is 16.8 Å². The number of carbonyl (C=O) groups excluding carboxylic acids is 1. The van der Waals surface area contributed by atoms with Crippen LogP contribution in [0.25, 0.3) is 0 Å². The molecule has 0 saturated heterocycles. The number of hydrogen-bond donors (Lipinski definition) is 1. The molecule has 0 spiro atoms. The highest BCUT2D eigenvalue weighted by atomic mass is 79.9. The number of hydrogen-bond acceptors (Lipinski definition) is 4. The summed E-state index contributed by atoms with van der Waals surface area (Å²) in [5.74, 6) is -0.622. The third-order valence-electron chi connectivity index (χ3n) is 4.04. The zero-order valence-corrected chi connectivity index (χ0v) is 19.8. The summed E-state index contributed by atoms with van der Waals surface area (Å²) in [6.45, 7) is -0.499. The van der Waals surface area contributed by atoms with E-state index in [0.29, 0.717) is 10.0 Å². The predicted molar refractivity (Wildman–Crippen MR) is 127 cm³/mol. The van der Waals surface area contributed by atoms with Crippen LogP contribution in [0.1, 0.15) is 5.56 Å². The van der Waals surface area contributed by atoms with Crippen LogP contribution in [0.15, 0.2) is 87.3 Å². The lowest BCUT2D eigenvalue weighted by atomic mass is 10.2. The van der Waals surface area contributed by atoms with Crippen molar-refractivity contribution in [1.82, 2.24) is 5.43 Å². The number of carbonyl (C=O) groups is 1. The Morgan fingerprint density at radius 3 is 2.39 bits per heavy atom. The summed E-state index contributed by atoms with van der Waals surface area (Å²) in [5.41, 5.74) is 3.36. The second-order valence-electron chi connectivity index (χ2n) is 6.29. The summed E-state index contributed by atoms with van der Waals surface area (Å²) in [6, 6.07) is 19.2. The summed E-state index contributed by atoms with van der Waals surface area (Å²) in [4.78, 5) is 12.5. The number of halogens is 3. The first-order valence-corrected chi connectivity index (χ1v) is 11.9. The molecule has 0 unspecified atom stereocenters. The Balaban J connectivity index is 1.84. The molecule has 6 nitrogen and oxygen atoms in total. The first-order valence-electron chi connectivity index (χ1n) is 8.87. The second-order valence-corrected chi connectivity index (χ2v) is 9.94. The Morgan fingerprint density at radius 2 is 1.71 bits per heavy atom. The maximum atomic E-state index is 13.2. The second kappa shape index (κ2) is 10.3. The van der Waals surface area contributed by atoms with Crippen LogP contribution in [0, 0.1) is 0 Å². The SMILES string of the molecule is O=C(CN(c1cccc(Cl)c1)S(=O)(=O)c1ccc(Cl)cc1)N/N=C\c1cccc(Br)c1. The van der Waals surface area contributed by atoms with E-state index in [1.54, 1.807) is 18.2 Å². The number of amides is 1. The quantitative estimate of drug-likeness (QED) is 0.334. The maximum Gasteiger partial charge on any atom is 0.264 e. The summed E-state index contributed by atoms with van der Waals surface area (Å²) in [6.07, 6.45) is 1.46. The standard InChI is InChI=1S/C21H16BrCl2N3O3S/c22-16-4-1-3-15(11-16)13-25-26-21(28)14-27(19-6-2-5-18(24)12-19)31(29,30)20-9-7-17(23)8-10-20/h1-13H,14H2,(H,26,28)/b25-13-. The van der Waals surface area contributed by atoms with Gasteiger partial charge in [0.2, 0.25) is 0 Å². The average Bonchev–Trinajstić information content (AvgIpc) is 2.72. The third-order valence-corrected chi connectivity index (χ3v) is 6.80. The van der Waals surface area contributed by atoms with E-state index < -0.39 is 22.5 Å². The van der Waals surface area contributed by atoms with Crippen molar-refractivity contribution in [3.63, 3.8) is 0 Å². The minimum atomic E-state index is -4.07. The Morgan fingerprint density at radius 1 is 1.00 bits per heavy atom. The first kappa shape index (κ1) is 23.3. The monoisotopic (exact) mass is 539 g/mol. The minimum absolute atomic E-state index is 0.0117. The van der Waals surface area contributed by atoms with Gasteiger partial charge in [-0.25, -0.2) is 13.8 Å². The molecule has 0 aliphatic carbocycles. The number of hydrazone groups is 1. The van der Waals surface area contributed by atoms with Gasteiger partial charge in [-0.3, -0.25) is 9.10 Å². The smallest absolute Gasteiger partial charge is 0.264 e. The van der Waals surface area contributed by atoms with Crippen molar-refractivity contribution >= 4 is 67.0 Å². The lowest BCUT2D eigenvalue weighted by Crippen LogP contribution is -2.39. The number of nitrogens with one attached hydrogen (secondary N) is 1. The van der Waals surface area contributed by atoms with E-state index in [2.05, 4.69) is 26.5 Å². The highest BCUT2D eigenvalue weighted by Gasteiger charge is 2.27. The molecule has 10 heteroatoms. The van der Waals surface area contributed by atoms with Crippen LogP contribution in [0.5, 0.6) is 0 Å². The van der Waals surface area contributed by atoms with Crippen LogP contribution in [0.2, 0.25) is 10.0 Å². The zero-order valence-electron chi connectivity index (χ0n) is 15.9. The molecule has 0 aliphatic heterocycles. The van der Waals surface area contributed by atoms with Crippen LogP contribution in [-0.2, 0) is 14.8 Å². The summed E-state index contributed by atoms with van der Waals surface area (Å²) < 4.78 is 28.3. The summed E-state index contributed by atoms with van der Waals surface area (Å²) in [7, 11) is -4.07. The number of sulfonamides is 1. The molecule has 3 aromatic rings. The molecule has 0 saturated carbocycles. The van der Waals surface area contributed by atoms with E-state index in [1.165, 1.54) is 36.5 Å². The molecule has 31 heavy (non-hydrogen) atoms. The topological polar surface area (TPSA) is 78.8 Å². The average molecular weight is 541 g/mol. The molecule has 0 radical (unpaired) electrons. The Hall–Kier alpha value is -2.39. The van der Waals surface area contributed by atoms with E-state index >= 15 is 0 Å². The van der Waals surface area contributed by atoms with Crippen molar-refractivity contribution in [2.75, 3.05) is 10.8 Å². The summed E-state index contributed by atoms with van der Waals surface area (Å²) in [5, 5.41) is 4.63. The van der Waals surface area contributed by atoms with Gasteiger partial charge in [0.15, 0.2) is 0 Å². The highest BCUT2D eigenvalue weighted by molar-refractivity contribution is 9.10. The molecule has 0 bridgehead atoms. The molecule has 1 N–H and O–H groups in total. The van der Waals surface area contributed by atoms with Crippen molar-refractivity contribution < 1.29 is 13.2 Å². The van der Waals surface area contributed by atoms with Gasteiger partial charge in [-0.2, -0.15) is 5.10 Å². The van der Waals surface area contributed by atoms with Crippen molar-refractivity contribution in [3.05, 3.63) is 92.9 Å². The fraction of sp³-hybridized carbons (Fsp3) is 0.0476. The minimum Gasteiger partial charge on any atom is -0.271 e. The van der Waals surface area contributed by atoms with E-state index in [1.807, 2.05) is 24.3 Å². The van der Waals surface area contributed by atoms with Gasteiger partial charge in [-0.05, 0) is 60.2 Å². The molecule has 0 atom stereocenters. The van der Waals surface area contributed by atoms with Gasteiger partial charge >= 0.3 is 0 Å². The molecular formula is C21H16BrCl2N3O3S. The first-order chi connectivity index (χ1) is 14.8. The molecule has 3 rings (SSSR count). The zero-order chi connectivity index (χ0) is 22.4. The molecule has 0 aliphatic rings. The van der Waals surface area contributed by atoms with Crippen LogP contribution in [0.4, 0.5) is 5.69 Å². The third kappa shape index (κ3) is 6.30. The molecule has 0 heterocycles. The fourth-order valence-corrected chi connectivity index (χ4v) is 4.75. The van der Waals surface area contributed by atoms with Crippen molar-refractivity contribution in [2.24, 2.45) is 5.10 Å². The molecule has 0 aromatic heterocycles. The van der Waals surface area contributed by atoms with Gasteiger partial charge < -0.3 is 0 Å². The Kier molecular flexibility index (Phi) is 7.72. The Labute approximate surface area is 198 Å².